The highest BCUT2D eigenvalue weighted by atomic mass is 79.9. The van der Waals surface area contributed by atoms with Gasteiger partial charge < -0.3 is 9.73 Å². The number of nitrogens with zero attached hydrogens (tertiary/aromatic N) is 3. The van der Waals surface area contributed by atoms with Gasteiger partial charge in [0.25, 0.3) is 0 Å². The second kappa shape index (κ2) is 5.35. The molecule has 0 fully saturated rings. The number of pyridine rings is 1. The first-order valence-corrected chi connectivity index (χ1v) is 6.25. The average Bonchev–Trinajstić information content (AvgIpc) is 2.78. The van der Waals surface area contributed by atoms with Crippen LogP contribution in [0.2, 0.25) is 0 Å². The Morgan fingerprint density at radius 1 is 1.47 bits per heavy atom. The van der Waals surface area contributed by atoms with Gasteiger partial charge in [0.05, 0.1) is 15.6 Å². The molecule has 8 heteroatoms. The van der Waals surface area contributed by atoms with Gasteiger partial charge in [-0.1, -0.05) is 0 Å². The Labute approximate surface area is 117 Å². The van der Waals surface area contributed by atoms with Crippen LogP contribution in [0.5, 0.6) is 0 Å². The standard InChI is InChI=1S/C11H11BrN4O3/c1-6-3-14-11(19-6)7(2)15-10-8(12)4-13-5-9(10)16(17)18/h3-5,7H,1-2H3,(H,13,15). The van der Waals surface area contributed by atoms with Gasteiger partial charge in [-0.15, -0.1) is 0 Å². The average molecular weight is 327 g/mol. The van der Waals surface area contributed by atoms with Gasteiger partial charge in [-0.2, -0.15) is 0 Å². The highest BCUT2D eigenvalue weighted by Crippen LogP contribution is 2.33. The minimum atomic E-state index is -0.492. The first-order chi connectivity index (χ1) is 8.99. The number of nitrogens with one attached hydrogen (secondary N) is 1. The van der Waals surface area contributed by atoms with E-state index in [4.69, 9.17) is 4.42 Å². The third-order valence-corrected chi connectivity index (χ3v) is 3.05. The normalized spacial score (nSPS) is 12.2. The third-order valence-electron chi connectivity index (χ3n) is 2.45. The first-order valence-electron chi connectivity index (χ1n) is 5.45. The summed E-state index contributed by atoms with van der Waals surface area (Å²) in [5, 5.41) is 14.0. The molecule has 2 aromatic rings. The topological polar surface area (TPSA) is 94.1 Å². The molecule has 0 radical (unpaired) electrons. The Bertz CT molecular complexity index is 614. The summed E-state index contributed by atoms with van der Waals surface area (Å²) >= 11 is 3.24. The number of halogens is 1. The Morgan fingerprint density at radius 3 is 2.79 bits per heavy atom. The number of aromatic nitrogens is 2. The molecule has 0 saturated heterocycles. The van der Waals surface area contributed by atoms with Gasteiger partial charge in [0.1, 0.15) is 23.7 Å². The molecule has 0 aliphatic rings. The van der Waals surface area contributed by atoms with E-state index in [1.165, 1.54) is 12.4 Å². The maximum absolute atomic E-state index is 11.0. The van der Waals surface area contributed by atoms with Crippen molar-refractivity contribution < 1.29 is 9.34 Å². The van der Waals surface area contributed by atoms with Crippen molar-refractivity contribution in [3.05, 3.63) is 44.8 Å². The van der Waals surface area contributed by atoms with Gasteiger partial charge in [-0.3, -0.25) is 15.1 Å². The fraction of sp³-hybridized carbons (Fsp3) is 0.273. The molecule has 2 aromatic heterocycles. The smallest absolute Gasteiger partial charge is 0.311 e. The van der Waals surface area contributed by atoms with Crippen molar-refractivity contribution in [1.29, 1.82) is 0 Å². The van der Waals surface area contributed by atoms with Crippen molar-refractivity contribution >= 4 is 27.3 Å². The molecule has 0 aromatic carbocycles. The summed E-state index contributed by atoms with van der Waals surface area (Å²) in [4.78, 5) is 18.3. The van der Waals surface area contributed by atoms with Crippen molar-refractivity contribution in [2.24, 2.45) is 0 Å². The third kappa shape index (κ3) is 2.90. The minimum absolute atomic E-state index is 0.107. The summed E-state index contributed by atoms with van der Waals surface area (Å²) in [6.45, 7) is 3.59. The molecular formula is C11H11BrN4O3. The second-order valence-electron chi connectivity index (χ2n) is 3.95. The van der Waals surface area contributed by atoms with Gasteiger partial charge in [0.2, 0.25) is 5.89 Å². The number of rotatable bonds is 4. The van der Waals surface area contributed by atoms with Crippen LogP contribution in [0.15, 0.2) is 27.5 Å². The van der Waals surface area contributed by atoms with Gasteiger partial charge in [0, 0.05) is 6.20 Å². The lowest BCUT2D eigenvalue weighted by Gasteiger charge is -2.13. The van der Waals surface area contributed by atoms with E-state index in [1.807, 2.05) is 6.92 Å². The van der Waals surface area contributed by atoms with Gasteiger partial charge >= 0.3 is 5.69 Å². The lowest BCUT2D eigenvalue weighted by atomic mass is 10.3. The first kappa shape index (κ1) is 13.5. The van der Waals surface area contributed by atoms with Gasteiger partial charge in [-0.05, 0) is 29.8 Å². The summed E-state index contributed by atoms with van der Waals surface area (Å²) in [6, 6.07) is -0.300. The largest absolute Gasteiger partial charge is 0.444 e. The van der Waals surface area contributed by atoms with Crippen LogP contribution >= 0.6 is 15.9 Å². The molecule has 1 unspecified atom stereocenters. The molecule has 0 aliphatic heterocycles. The summed E-state index contributed by atoms with van der Waals surface area (Å²) in [5.41, 5.74) is 0.243. The van der Waals surface area contributed by atoms with Crippen molar-refractivity contribution in [3.8, 4) is 0 Å². The van der Waals surface area contributed by atoms with E-state index in [2.05, 4.69) is 31.2 Å². The Hall–Kier alpha value is -1.96. The summed E-state index contributed by atoms with van der Waals surface area (Å²) in [5.74, 6) is 1.16. The Morgan fingerprint density at radius 2 is 2.21 bits per heavy atom. The van der Waals surface area contributed by atoms with Crippen LogP contribution < -0.4 is 5.32 Å². The van der Waals surface area contributed by atoms with Crippen molar-refractivity contribution in [3.63, 3.8) is 0 Å². The molecule has 0 amide bonds. The molecule has 0 saturated carbocycles. The quantitative estimate of drug-likeness (QED) is 0.684. The Balaban J connectivity index is 2.30. The molecular weight excluding hydrogens is 316 g/mol. The molecule has 1 N–H and O–H groups in total. The maximum atomic E-state index is 11.0. The molecule has 2 heterocycles. The van der Waals surface area contributed by atoms with Crippen LogP contribution in [-0.2, 0) is 0 Å². The van der Waals surface area contributed by atoms with Crippen molar-refractivity contribution in [2.45, 2.75) is 19.9 Å². The highest BCUT2D eigenvalue weighted by molar-refractivity contribution is 9.10. The zero-order chi connectivity index (χ0) is 14.0. The van der Waals surface area contributed by atoms with Crippen molar-refractivity contribution in [2.75, 3.05) is 5.32 Å². The van der Waals surface area contributed by atoms with Crippen LogP contribution in [-0.4, -0.2) is 14.9 Å². The van der Waals surface area contributed by atoms with Crippen LogP contribution in [0.25, 0.3) is 0 Å². The predicted molar refractivity (Wildman–Crippen MR) is 71.9 cm³/mol. The SMILES string of the molecule is Cc1cnc(C(C)Nc2c(Br)cncc2[N+](=O)[O-])o1. The monoisotopic (exact) mass is 326 g/mol. The molecule has 1 atom stereocenters. The van der Waals surface area contributed by atoms with E-state index in [9.17, 15) is 10.1 Å². The number of anilines is 1. The molecule has 2 rings (SSSR count). The van der Waals surface area contributed by atoms with E-state index in [1.54, 1.807) is 13.1 Å². The maximum Gasteiger partial charge on any atom is 0.311 e. The lowest BCUT2D eigenvalue weighted by molar-refractivity contribution is -0.384. The number of hydrogen-bond acceptors (Lipinski definition) is 6. The molecule has 0 bridgehead atoms. The Kier molecular flexibility index (Phi) is 3.79. The lowest BCUT2D eigenvalue weighted by Crippen LogP contribution is -2.09. The zero-order valence-electron chi connectivity index (χ0n) is 10.3. The van der Waals surface area contributed by atoms with Crippen LogP contribution in [0.1, 0.15) is 24.6 Å². The van der Waals surface area contributed by atoms with E-state index in [-0.39, 0.29) is 11.7 Å². The van der Waals surface area contributed by atoms with E-state index < -0.39 is 4.92 Å². The van der Waals surface area contributed by atoms with Crippen LogP contribution in [0.4, 0.5) is 11.4 Å². The number of oxazole rings is 1. The zero-order valence-corrected chi connectivity index (χ0v) is 11.8. The predicted octanol–water partition coefficient (Wildman–Crippen LogP) is 3.22. The molecule has 100 valence electrons. The molecule has 7 nitrogen and oxygen atoms in total. The fourth-order valence-corrected chi connectivity index (χ4v) is 1.99. The molecule has 0 aliphatic carbocycles. The van der Waals surface area contributed by atoms with Crippen LogP contribution in [0, 0.1) is 17.0 Å². The second-order valence-corrected chi connectivity index (χ2v) is 4.80. The number of hydrogen-bond donors (Lipinski definition) is 1. The molecule has 19 heavy (non-hydrogen) atoms. The number of nitro groups is 1. The summed E-state index contributed by atoms with van der Waals surface area (Å²) in [7, 11) is 0. The van der Waals surface area contributed by atoms with E-state index in [0.29, 0.717) is 21.8 Å². The molecule has 0 spiro atoms. The summed E-state index contributed by atoms with van der Waals surface area (Å²) < 4.78 is 5.89. The number of aryl methyl sites for hydroxylation is 1. The fourth-order valence-electron chi connectivity index (χ4n) is 1.56. The van der Waals surface area contributed by atoms with Gasteiger partial charge in [-0.25, -0.2) is 4.98 Å². The minimum Gasteiger partial charge on any atom is -0.444 e. The van der Waals surface area contributed by atoms with Crippen molar-refractivity contribution in [1.82, 2.24) is 9.97 Å². The van der Waals surface area contributed by atoms with Gasteiger partial charge in [0.15, 0.2) is 0 Å². The van der Waals surface area contributed by atoms with Crippen LogP contribution in [0.3, 0.4) is 0 Å². The van der Waals surface area contributed by atoms with E-state index in [0.717, 1.165) is 0 Å². The highest BCUT2D eigenvalue weighted by Gasteiger charge is 2.21. The van der Waals surface area contributed by atoms with E-state index >= 15 is 0 Å². The summed E-state index contributed by atoms with van der Waals surface area (Å²) in [6.07, 6.45) is 4.28.